The van der Waals surface area contributed by atoms with Crippen LogP contribution < -0.4 is 4.90 Å². The van der Waals surface area contributed by atoms with Gasteiger partial charge in [0.25, 0.3) is 0 Å². The summed E-state index contributed by atoms with van der Waals surface area (Å²) in [6.45, 7) is 4.17. The molecular formula is C17H16F3N3. The van der Waals surface area contributed by atoms with Gasteiger partial charge in [0.1, 0.15) is 5.82 Å². The Labute approximate surface area is 132 Å². The van der Waals surface area contributed by atoms with E-state index >= 15 is 0 Å². The molecule has 3 fully saturated rings. The normalized spacial score (nSPS) is 23.5. The molecule has 0 spiro atoms. The largest absolute Gasteiger partial charge is 0.416 e. The highest BCUT2D eigenvalue weighted by Crippen LogP contribution is 2.32. The zero-order chi connectivity index (χ0) is 16.0. The summed E-state index contributed by atoms with van der Waals surface area (Å²) in [5, 5.41) is 0. The molecule has 1 aromatic carbocycles. The van der Waals surface area contributed by atoms with Crippen molar-refractivity contribution in [2.24, 2.45) is 0 Å². The molecule has 0 unspecified atom stereocenters. The number of hydrogen-bond donors (Lipinski definition) is 0. The van der Waals surface area contributed by atoms with Crippen molar-refractivity contribution in [2.45, 2.75) is 12.2 Å². The molecule has 1 aromatic heterocycles. The number of aromatic nitrogens is 1. The molecule has 6 heteroatoms. The number of fused-ring (bicyclic) bond motifs is 2. The van der Waals surface area contributed by atoms with Crippen LogP contribution in [0.4, 0.5) is 19.0 Å². The Balaban J connectivity index is 1.58. The Hall–Kier alpha value is -2.08. The van der Waals surface area contributed by atoms with Gasteiger partial charge in [-0.05, 0) is 29.8 Å². The molecule has 23 heavy (non-hydrogen) atoms. The van der Waals surface area contributed by atoms with Gasteiger partial charge in [-0.3, -0.25) is 4.90 Å². The number of nitrogens with zero attached hydrogens (tertiary/aromatic N) is 3. The molecule has 3 saturated heterocycles. The van der Waals surface area contributed by atoms with Gasteiger partial charge in [0.2, 0.25) is 0 Å². The van der Waals surface area contributed by atoms with Crippen molar-refractivity contribution in [3.05, 3.63) is 48.2 Å². The van der Waals surface area contributed by atoms with Gasteiger partial charge in [-0.25, -0.2) is 4.98 Å². The number of pyridine rings is 1. The first-order valence-electron chi connectivity index (χ1n) is 7.63. The second-order valence-electron chi connectivity index (χ2n) is 6.09. The molecular weight excluding hydrogens is 303 g/mol. The maximum atomic E-state index is 12.8. The van der Waals surface area contributed by atoms with E-state index < -0.39 is 11.7 Å². The van der Waals surface area contributed by atoms with Gasteiger partial charge in [-0.2, -0.15) is 13.2 Å². The quantitative estimate of drug-likeness (QED) is 0.847. The van der Waals surface area contributed by atoms with E-state index in [-0.39, 0.29) is 0 Å². The lowest BCUT2D eigenvalue weighted by Gasteiger charge is -2.51. The predicted molar refractivity (Wildman–Crippen MR) is 82.2 cm³/mol. The number of hydrogen-bond acceptors (Lipinski definition) is 3. The molecule has 3 nitrogen and oxygen atoms in total. The summed E-state index contributed by atoms with van der Waals surface area (Å²) in [5.41, 5.74) is 0.601. The summed E-state index contributed by atoms with van der Waals surface area (Å²) in [5.74, 6) is 0.907. The minimum atomic E-state index is -4.33. The topological polar surface area (TPSA) is 19.4 Å². The van der Waals surface area contributed by atoms with Gasteiger partial charge in [-0.1, -0.05) is 12.1 Å². The number of rotatable bonds is 2. The molecule has 0 N–H and O–H groups in total. The standard InChI is InChI=1S/C17H16F3N3/c18-17(19,20)14-3-1-2-12(8-14)13-4-5-16(21-9-13)23-7-6-22-10-15(23)11-22/h1-5,8-9,15H,6-7,10-11H2. The smallest absolute Gasteiger partial charge is 0.350 e. The molecule has 0 amide bonds. The second kappa shape index (κ2) is 5.23. The molecule has 0 radical (unpaired) electrons. The second-order valence-corrected chi connectivity index (χ2v) is 6.09. The van der Waals surface area contributed by atoms with E-state index in [1.807, 2.05) is 12.1 Å². The van der Waals surface area contributed by atoms with E-state index in [9.17, 15) is 13.2 Å². The van der Waals surface area contributed by atoms with Gasteiger partial charge < -0.3 is 4.90 Å². The van der Waals surface area contributed by atoms with E-state index in [2.05, 4.69) is 14.8 Å². The summed E-state index contributed by atoms with van der Waals surface area (Å²) in [6, 6.07) is 9.64. The van der Waals surface area contributed by atoms with Crippen LogP contribution in [0.5, 0.6) is 0 Å². The molecule has 5 rings (SSSR count). The van der Waals surface area contributed by atoms with Crippen LogP contribution in [0.1, 0.15) is 5.56 Å². The zero-order valence-electron chi connectivity index (χ0n) is 12.4. The third-order valence-electron chi connectivity index (χ3n) is 4.60. The first kappa shape index (κ1) is 14.5. The first-order chi connectivity index (χ1) is 11.0. The summed E-state index contributed by atoms with van der Waals surface area (Å²) < 4.78 is 38.4. The van der Waals surface area contributed by atoms with E-state index in [0.29, 0.717) is 17.2 Å². The van der Waals surface area contributed by atoms with Crippen LogP contribution in [-0.2, 0) is 6.18 Å². The third kappa shape index (κ3) is 2.67. The van der Waals surface area contributed by atoms with Crippen LogP contribution in [0.25, 0.3) is 11.1 Å². The van der Waals surface area contributed by atoms with Crippen molar-refractivity contribution in [2.75, 3.05) is 31.1 Å². The summed E-state index contributed by atoms with van der Waals surface area (Å²) >= 11 is 0. The summed E-state index contributed by atoms with van der Waals surface area (Å²) in [4.78, 5) is 9.16. The number of anilines is 1. The highest BCUT2D eigenvalue weighted by molar-refractivity contribution is 5.65. The van der Waals surface area contributed by atoms with Crippen LogP contribution in [0.3, 0.4) is 0 Å². The van der Waals surface area contributed by atoms with Gasteiger partial charge in [0.15, 0.2) is 0 Å². The Morgan fingerprint density at radius 2 is 1.83 bits per heavy atom. The lowest BCUT2D eigenvalue weighted by molar-refractivity contribution is -0.137. The highest BCUT2D eigenvalue weighted by atomic mass is 19.4. The average molecular weight is 319 g/mol. The lowest BCUT2D eigenvalue weighted by atomic mass is 10.0. The molecule has 0 saturated carbocycles. The molecule has 2 aromatic rings. The molecule has 0 atom stereocenters. The van der Waals surface area contributed by atoms with E-state index in [0.717, 1.165) is 38.1 Å². The van der Waals surface area contributed by atoms with Crippen LogP contribution in [-0.4, -0.2) is 42.1 Å². The molecule has 0 aliphatic carbocycles. The van der Waals surface area contributed by atoms with Crippen molar-refractivity contribution < 1.29 is 13.2 Å². The van der Waals surface area contributed by atoms with Gasteiger partial charge in [0, 0.05) is 37.9 Å². The van der Waals surface area contributed by atoms with E-state index in [1.165, 1.54) is 12.1 Å². The van der Waals surface area contributed by atoms with E-state index in [1.54, 1.807) is 12.3 Å². The first-order valence-corrected chi connectivity index (χ1v) is 7.63. The van der Waals surface area contributed by atoms with Crippen molar-refractivity contribution in [1.82, 2.24) is 9.88 Å². The summed E-state index contributed by atoms with van der Waals surface area (Å²) in [6.07, 6.45) is -2.66. The average Bonchev–Trinajstić information content (AvgIpc) is 2.54. The summed E-state index contributed by atoms with van der Waals surface area (Å²) in [7, 11) is 0. The number of piperazine rings is 2. The predicted octanol–water partition coefficient (Wildman–Crippen LogP) is 3.27. The van der Waals surface area contributed by atoms with Gasteiger partial charge in [-0.15, -0.1) is 0 Å². The van der Waals surface area contributed by atoms with Crippen LogP contribution in [0.2, 0.25) is 0 Å². The molecule has 3 aliphatic rings. The Kier molecular flexibility index (Phi) is 3.30. The number of benzene rings is 1. The van der Waals surface area contributed by atoms with Crippen molar-refractivity contribution >= 4 is 5.82 Å². The Morgan fingerprint density at radius 3 is 2.43 bits per heavy atom. The Bertz CT molecular complexity index is 703. The maximum absolute atomic E-state index is 12.8. The van der Waals surface area contributed by atoms with Crippen molar-refractivity contribution in [1.29, 1.82) is 0 Å². The zero-order valence-corrected chi connectivity index (χ0v) is 12.4. The van der Waals surface area contributed by atoms with Crippen molar-refractivity contribution in [3.8, 4) is 11.1 Å². The fourth-order valence-electron chi connectivity index (χ4n) is 3.26. The lowest BCUT2D eigenvalue weighted by Crippen LogP contribution is -2.66. The number of alkyl halides is 3. The molecule has 2 bridgehead atoms. The molecule has 120 valence electrons. The van der Waals surface area contributed by atoms with Gasteiger partial charge in [0.05, 0.1) is 11.6 Å². The van der Waals surface area contributed by atoms with E-state index in [4.69, 9.17) is 0 Å². The SMILES string of the molecule is FC(F)(F)c1cccc(-c2ccc(N3CCN4CC3C4)nc2)c1. The highest BCUT2D eigenvalue weighted by Gasteiger charge is 2.37. The maximum Gasteiger partial charge on any atom is 0.416 e. The fourth-order valence-corrected chi connectivity index (χ4v) is 3.26. The van der Waals surface area contributed by atoms with Crippen LogP contribution >= 0.6 is 0 Å². The fraction of sp³-hybridized carbons (Fsp3) is 0.353. The third-order valence-corrected chi connectivity index (χ3v) is 4.60. The van der Waals surface area contributed by atoms with Gasteiger partial charge >= 0.3 is 6.18 Å². The minimum absolute atomic E-state index is 0.524. The van der Waals surface area contributed by atoms with Crippen LogP contribution in [0.15, 0.2) is 42.6 Å². The molecule has 4 heterocycles. The minimum Gasteiger partial charge on any atom is -0.350 e. The number of halogens is 3. The monoisotopic (exact) mass is 319 g/mol. The molecule has 3 aliphatic heterocycles. The van der Waals surface area contributed by atoms with Crippen LogP contribution in [0, 0.1) is 0 Å². The Morgan fingerprint density at radius 1 is 1.00 bits per heavy atom. The van der Waals surface area contributed by atoms with Crippen molar-refractivity contribution in [3.63, 3.8) is 0 Å².